The van der Waals surface area contributed by atoms with E-state index < -0.39 is 10.2 Å². The van der Waals surface area contributed by atoms with E-state index in [1.54, 1.807) is 0 Å². The molecule has 46 valence electrons. The number of rotatable bonds is 0. The van der Waals surface area contributed by atoms with E-state index in [0.29, 0.717) is 0 Å². The van der Waals surface area contributed by atoms with Crippen molar-refractivity contribution in [2.75, 3.05) is 0 Å². The third-order valence-electron chi connectivity index (χ3n) is 0. The van der Waals surface area contributed by atoms with E-state index in [9.17, 15) is 0 Å². The lowest BCUT2D eigenvalue weighted by molar-refractivity contribution is -2.00. The van der Waals surface area contributed by atoms with Gasteiger partial charge in [0.25, 0.3) is 0 Å². The molecule has 0 saturated carbocycles. The van der Waals surface area contributed by atoms with Gasteiger partial charge in [-0.05, 0) is 0 Å². The molecule has 0 aromatic carbocycles. The van der Waals surface area contributed by atoms with Crippen molar-refractivity contribution in [3.63, 3.8) is 0 Å². The van der Waals surface area contributed by atoms with E-state index in [4.69, 9.17) is 23.8 Å². The molecule has 6 nitrogen and oxygen atoms in total. The molecule has 0 aromatic rings. The Balaban J connectivity index is 0. The summed E-state index contributed by atoms with van der Waals surface area (Å²) < 4.78 is 34.0. The molecule has 0 aliphatic carbocycles. The lowest BCUT2D eigenvalue weighted by Gasteiger charge is -2.17. The largest absolute Gasteiger partial charge is 0.222 e. The molecule has 0 heterocycles. The van der Waals surface area contributed by atoms with Crippen LogP contribution in [0.4, 0.5) is 0 Å². The molecule has 0 aliphatic rings. The van der Waals surface area contributed by atoms with Crippen LogP contribution in [0.3, 0.4) is 0 Å². The van der Waals surface area contributed by atoms with Crippen molar-refractivity contribution in [3.8, 4) is 0 Å². The molecular weight excluding hydrogens is 129 g/mol. The topological polar surface area (TPSA) is 140 Å². The predicted molar refractivity (Wildman–Crippen MR) is 4.67 cm³/mol. The predicted octanol–water partition coefficient (Wildman–Crippen LogP) is -6.14. The molecule has 0 fully saturated rings. The Morgan fingerprint density at radius 1 is 1.00 bits per heavy atom. The van der Waals surface area contributed by atoms with E-state index >= 15 is 0 Å². The minimum Gasteiger partial charge on any atom is -0.222 e. The van der Waals surface area contributed by atoms with E-state index in [1.165, 1.54) is 0 Å². The zero-order chi connectivity index (χ0) is 6.50. The van der Waals surface area contributed by atoms with Crippen molar-refractivity contribution in [1.29, 1.82) is 0 Å². The maximum Gasteiger partial charge on any atom is -0.112 e. The molecule has 4 N–H and O–H groups in total. The van der Waals surface area contributed by atoms with Crippen LogP contribution in [0, 0.1) is 10.2 Å². The lowest BCUT2D eigenvalue weighted by Crippen LogP contribution is -2.68. The number of halogens is 1. The van der Waals surface area contributed by atoms with E-state index in [0.717, 1.165) is 0 Å². The van der Waals surface area contributed by atoms with Crippen molar-refractivity contribution in [2.24, 2.45) is 0 Å². The van der Waals surface area contributed by atoms with Gasteiger partial charge in [-0.3, -0.25) is 0 Å². The van der Waals surface area contributed by atoms with Crippen LogP contribution in [0.2, 0.25) is 0 Å². The summed E-state index contributed by atoms with van der Waals surface area (Å²) >= 11 is 0. The average Bonchev–Trinajstić information content (AvgIpc) is 1.36. The molecule has 7 heavy (non-hydrogen) atoms. The van der Waals surface area contributed by atoms with Gasteiger partial charge in [0.1, 0.15) is 0 Å². The second-order valence-corrected chi connectivity index (χ2v) is 1.13. The summed E-state index contributed by atoms with van der Waals surface area (Å²) in [6.07, 6.45) is 0. The van der Waals surface area contributed by atoms with E-state index in [2.05, 4.69) is 5.90 Å². The fourth-order valence-corrected chi connectivity index (χ4v) is 0. The summed E-state index contributed by atoms with van der Waals surface area (Å²) in [6.45, 7) is 0. The van der Waals surface area contributed by atoms with Gasteiger partial charge in [0.15, 0.2) is 0 Å². The van der Waals surface area contributed by atoms with Crippen LogP contribution in [0.1, 0.15) is 0 Å². The van der Waals surface area contributed by atoms with Gasteiger partial charge in [0, 0.05) is 0 Å². The average molecular weight is 133 g/mol. The van der Waals surface area contributed by atoms with E-state index in [1.807, 2.05) is 0 Å². The summed E-state index contributed by atoms with van der Waals surface area (Å²) in [5, 5.41) is 6.75. The van der Waals surface area contributed by atoms with Crippen LogP contribution >= 0.6 is 0 Å². The minimum absolute atomic E-state index is 2.25. The monoisotopic (exact) mass is 133 g/mol. The smallest absolute Gasteiger partial charge is 0.112 e. The maximum atomic E-state index is 8.49. The Morgan fingerprint density at radius 2 is 1.00 bits per heavy atom. The van der Waals surface area contributed by atoms with Crippen LogP contribution in [0.5, 0.6) is 0 Å². The molecule has 0 rings (SSSR count). The SMILES string of the molecule is [NH3+]O.[O-][Cl+3]([O-])([O-])[O-]. The van der Waals surface area contributed by atoms with Crippen LogP contribution in [-0.2, 0) is 0 Å². The normalized spacial score (nSPS) is 9.43. The van der Waals surface area contributed by atoms with Gasteiger partial charge in [-0.15, -0.1) is 10.2 Å². The summed E-state index contributed by atoms with van der Waals surface area (Å²) in [5.41, 5.74) is 0. The van der Waals surface area contributed by atoms with Gasteiger partial charge in [-0.25, -0.2) is 29.7 Å². The van der Waals surface area contributed by atoms with Gasteiger partial charge in [0.05, 0.1) is 0 Å². The van der Waals surface area contributed by atoms with Gasteiger partial charge >= 0.3 is 0 Å². The summed E-state index contributed by atoms with van der Waals surface area (Å²) in [4.78, 5) is 0. The van der Waals surface area contributed by atoms with Crippen molar-refractivity contribution < 1.29 is 40.0 Å². The summed E-state index contributed by atoms with van der Waals surface area (Å²) in [7, 11) is -4.94. The van der Waals surface area contributed by atoms with Crippen molar-refractivity contribution >= 4 is 0 Å². The van der Waals surface area contributed by atoms with Crippen LogP contribution in [0.15, 0.2) is 0 Å². The Morgan fingerprint density at radius 3 is 1.00 bits per heavy atom. The molecule has 0 unspecified atom stereocenters. The highest BCUT2D eigenvalue weighted by Crippen LogP contribution is 1.49. The van der Waals surface area contributed by atoms with Gasteiger partial charge in [-0.2, -0.15) is 0 Å². The quantitative estimate of drug-likeness (QED) is 0.316. The Hall–Kier alpha value is 0.0500. The molecule has 0 saturated heterocycles. The highest BCUT2D eigenvalue weighted by molar-refractivity contribution is 2.00. The second-order valence-electron chi connectivity index (χ2n) is 0.378. The standard InChI is InChI=1S/ClHO4.H4NO/c2-1(3,4)5;1-2/h(H,2,3,4,5);2H,1H3/q;+1/p-1. The third-order valence-corrected chi connectivity index (χ3v) is 0. The molecule has 0 bridgehead atoms. The zero-order valence-electron chi connectivity index (χ0n) is 3.17. The summed E-state index contributed by atoms with van der Waals surface area (Å²) in [5.74, 6) is 2.25. The molecule has 0 aliphatic heterocycles. The van der Waals surface area contributed by atoms with Gasteiger partial charge in [-0.1, -0.05) is 0 Å². The minimum atomic E-state index is -4.94. The molecular formula is H4ClNO5. The molecule has 0 amide bonds. The van der Waals surface area contributed by atoms with Crippen molar-refractivity contribution in [1.82, 2.24) is 0 Å². The lowest BCUT2D eigenvalue weighted by atomic mass is 13.6. The van der Waals surface area contributed by atoms with Crippen molar-refractivity contribution in [2.45, 2.75) is 0 Å². The van der Waals surface area contributed by atoms with Gasteiger partial charge in [0.2, 0.25) is 0 Å². The highest BCUT2D eigenvalue weighted by atomic mass is 35.7. The zero-order valence-corrected chi connectivity index (χ0v) is 3.92. The fraction of sp³-hybridized carbons (Fsp3) is 0. The fourth-order valence-electron chi connectivity index (χ4n) is 0. The first-order valence-corrected chi connectivity index (χ1v) is 2.17. The Kier molecular flexibility index (Phi) is 6.09. The Labute approximate surface area is 41.1 Å². The molecule has 0 spiro atoms. The third kappa shape index (κ3) is 39700. The first-order valence-electron chi connectivity index (χ1n) is 0.933. The number of hydrogen-bond donors (Lipinski definition) is 2. The number of quaternary nitrogens is 1. The second kappa shape index (κ2) is 4.22. The molecule has 7 heteroatoms. The maximum absolute atomic E-state index is 8.49. The molecule has 0 radical (unpaired) electrons. The Bertz CT molecular complexity index is 23.6. The van der Waals surface area contributed by atoms with Crippen LogP contribution in [0.25, 0.3) is 0 Å². The van der Waals surface area contributed by atoms with Crippen LogP contribution in [-0.4, -0.2) is 5.21 Å². The van der Waals surface area contributed by atoms with Crippen LogP contribution < -0.4 is 24.5 Å². The number of hydrogen-bond acceptors (Lipinski definition) is 5. The van der Waals surface area contributed by atoms with Crippen molar-refractivity contribution in [3.05, 3.63) is 0 Å². The highest BCUT2D eigenvalue weighted by Gasteiger charge is 1.84. The summed E-state index contributed by atoms with van der Waals surface area (Å²) in [6, 6.07) is 0. The van der Waals surface area contributed by atoms with Gasteiger partial charge < -0.3 is 0 Å². The van der Waals surface area contributed by atoms with E-state index in [-0.39, 0.29) is 0 Å². The first-order chi connectivity index (χ1) is 3.00. The molecule has 0 aromatic heterocycles. The molecule has 0 atom stereocenters. The first kappa shape index (κ1) is 10.1.